The monoisotopic (exact) mass is 346 g/mol. The molecule has 24 heavy (non-hydrogen) atoms. The highest BCUT2D eigenvalue weighted by molar-refractivity contribution is 7.92. The van der Waals surface area contributed by atoms with E-state index >= 15 is 0 Å². The summed E-state index contributed by atoms with van der Waals surface area (Å²) in [5, 5.41) is 5.42. The Morgan fingerprint density at radius 1 is 1.29 bits per heavy atom. The van der Waals surface area contributed by atoms with E-state index in [4.69, 9.17) is 0 Å². The largest absolute Gasteiger partial charge is 0.367 e. The third-order valence-corrected chi connectivity index (χ3v) is 5.20. The molecule has 0 radical (unpaired) electrons. The molecule has 128 valence electrons. The molecule has 1 aromatic carbocycles. The first-order valence-corrected chi connectivity index (χ1v) is 9.55. The van der Waals surface area contributed by atoms with Gasteiger partial charge in [0, 0.05) is 37.8 Å². The molecule has 0 amide bonds. The van der Waals surface area contributed by atoms with Crippen molar-refractivity contribution in [2.75, 3.05) is 18.0 Å². The van der Waals surface area contributed by atoms with E-state index < -0.39 is 10.0 Å². The molecular formula is C17H22N4O2S. The minimum Gasteiger partial charge on any atom is -0.367 e. The van der Waals surface area contributed by atoms with Crippen molar-refractivity contribution in [3.63, 3.8) is 0 Å². The fraction of sp³-hybridized carbons (Fsp3) is 0.353. The van der Waals surface area contributed by atoms with Crippen molar-refractivity contribution in [1.82, 2.24) is 14.5 Å². The van der Waals surface area contributed by atoms with Crippen molar-refractivity contribution >= 4 is 21.8 Å². The van der Waals surface area contributed by atoms with Crippen LogP contribution in [0.25, 0.3) is 6.08 Å². The Bertz CT molecular complexity index is 799. The first kappa shape index (κ1) is 16.7. The number of hydrogen-bond donors (Lipinski definition) is 1. The van der Waals surface area contributed by atoms with Gasteiger partial charge in [0.05, 0.1) is 11.9 Å². The molecule has 1 aromatic heterocycles. The molecule has 1 saturated heterocycles. The van der Waals surface area contributed by atoms with E-state index in [1.165, 1.54) is 5.41 Å². The van der Waals surface area contributed by atoms with Crippen LogP contribution in [0.3, 0.4) is 0 Å². The third kappa shape index (κ3) is 4.46. The molecule has 1 fully saturated rings. The summed E-state index contributed by atoms with van der Waals surface area (Å²) in [5.74, 6) is 0. The van der Waals surface area contributed by atoms with Crippen LogP contribution in [0.1, 0.15) is 18.4 Å². The summed E-state index contributed by atoms with van der Waals surface area (Å²) in [6.45, 7) is 1.58. The van der Waals surface area contributed by atoms with Gasteiger partial charge in [0.25, 0.3) is 0 Å². The van der Waals surface area contributed by atoms with Crippen LogP contribution in [-0.4, -0.2) is 37.3 Å². The smallest absolute Gasteiger partial charge is 0.234 e. The second kappa shape index (κ2) is 7.19. The van der Waals surface area contributed by atoms with Crippen LogP contribution in [0, 0.1) is 0 Å². The molecule has 3 rings (SSSR count). The number of sulfonamides is 1. The van der Waals surface area contributed by atoms with E-state index in [2.05, 4.69) is 14.7 Å². The fourth-order valence-electron chi connectivity index (χ4n) is 2.88. The quantitative estimate of drug-likeness (QED) is 0.899. The van der Waals surface area contributed by atoms with Crippen molar-refractivity contribution < 1.29 is 8.42 Å². The van der Waals surface area contributed by atoms with Crippen LogP contribution < -0.4 is 9.62 Å². The SMILES string of the molecule is Cn1cc(N2CCC[C@@H](NS(=O)(=O)/C=C\c3ccccc3)C2)cn1. The summed E-state index contributed by atoms with van der Waals surface area (Å²) in [6.07, 6.45) is 7.17. The maximum atomic E-state index is 12.3. The van der Waals surface area contributed by atoms with Gasteiger partial charge < -0.3 is 4.90 Å². The second-order valence-electron chi connectivity index (χ2n) is 6.03. The lowest BCUT2D eigenvalue weighted by Gasteiger charge is -2.33. The standard InChI is InChI=1S/C17H22N4O2S/c1-20-14-17(12-18-20)21-10-5-8-16(13-21)19-24(22,23)11-9-15-6-3-2-4-7-15/h2-4,6-7,9,11-12,14,16,19H,5,8,10,13H2,1H3/b11-9-/t16-/m1/s1. The predicted molar refractivity (Wildman–Crippen MR) is 96.0 cm³/mol. The number of nitrogens with one attached hydrogen (secondary N) is 1. The summed E-state index contributed by atoms with van der Waals surface area (Å²) in [5.41, 5.74) is 1.89. The number of rotatable bonds is 5. The van der Waals surface area contributed by atoms with Gasteiger partial charge in [-0.2, -0.15) is 5.10 Å². The number of piperidine rings is 1. The molecule has 1 N–H and O–H groups in total. The van der Waals surface area contributed by atoms with Crippen LogP contribution >= 0.6 is 0 Å². The van der Waals surface area contributed by atoms with Gasteiger partial charge in [-0.05, 0) is 24.5 Å². The average molecular weight is 346 g/mol. The molecule has 1 aliphatic rings. The number of nitrogens with zero attached hydrogens (tertiary/aromatic N) is 3. The topological polar surface area (TPSA) is 67.2 Å². The van der Waals surface area contributed by atoms with Gasteiger partial charge in [0.2, 0.25) is 10.0 Å². The van der Waals surface area contributed by atoms with Crippen LogP contribution in [0.4, 0.5) is 5.69 Å². The lowest BCUT2D eigenvalue weighted by atomic mass is 10.1. The molecule has 6 nitrogen and oxygen atoms in total. The molecule has 0 saturated carbocycles. The Morgan fingerprint density at radius 2 is 2.08 bits per heavy atom. The first-order chi connectivity index (χ1) is 11.5. The lowest BCUT2D eigenvalue weighted by molar-refractivity contribution is 0.468. The van der Waals surface area contributed by atoms with Gasteiger partial charge >= 0.3 is 0 Å². The highest BCUT2D eigenvalue weighted by Gasteiger charge is 2.23. The molecule has 0 spiro atoms. The van der Waals surface area contributed by atoms with Crippen LogP contribution in [-0.2, 0) is 17.1 Å². The summed E-state index contributed by atoms with van der Waals surface area (Å²) in [4.78, 5) is 2.17. The average Bonchev–Trinajstić information content (AvgIpc) is 3.01. The molecule has 0 unspecified atom stereocenters. The van der Waals surface area contributed by atoms with E-state index in [0.717, 1.165) is 30.6 Å². The van der Waals surface area contributed by atoms with E-state index in [1.54, 1.807) is 10.8 Å². The number of hydrogen-bond acceptors (Lipinski definition) is 4. The summed E-state index contributed by atoms with van der Waals surface area (Å²) >= 11 is 0. The van der Waals surface area contributed by atoms with Crippen molar-refractivity contribution in [2.45, 2.75) is 18.9 Å². The van der Waals surface area contributed by atoms with Gasteiger partial charge in [-0.15, -0.1) is 0 Å². The number of anilines is 1. The van der Waals surface area contributed by atoms with Crippen molar-refractivity contribution in [3.8, 4) is 0 Å². The number of aryl methyl sites for hydroxylation is 1. The van der Waals surface area contributed by atoms with Crippen LogP contribution in [0.5, 0.6) is 0 Å². The minimum atomic E-state index is -3.46. The van der Waals surface area contributed by atoms with Gasteiger partial charge in [0.1, 0.15) is 0 Å². The Kier molecular flexibility index (Phi) is 5.01. The van der Waals surface area contributed by atoms with Crippen molar-refractivity contribution in [1.29, 1.82) is 0 Å². The fourth-order valence-corrected chi connectivity index (χ4v) is 3.96. The predicted octanol–water partition coefficient (Wildman–Crippen LogP) is 1.98. The summed E-state index contributed by atoms with van der Waals surface area (Å²) in [7, 11) is -1.58. The molecule has 2 aromatic rings. The Balaban J connectivity index is 1.63. The normalized spacial score (nSPS) is 19.0. The molecule has 1 aliphatic heterocycles. The number of benzene rings is 1. The maximum absolute atomic E-state index is 12.3. The molecule has 0 bridgehead atoms. The lowest BCUT2D eigenvalue weighted by Crippen LogP contribution is -2.47. The third-order valence-electron chi connectivity index (χ3n) is 4.05. The van der Waals surface area contributed by atoms with E-state index in [9.17, 15) is 8.42 Å². The van der Waals surface area contributed by atoms with Crippen molar-refractivity contribution in [2.24, 2.45) is 7.05 Å². The van der Waals surface area contributed by atoms with E-state index in [1.807, 2.05) is 49.8 Å². The van der Waals surface area contributed by atoms with E-state index in [-0.39, 0.29) is 6.04 Å². The minimum absolute atomic E-state index is 0.0932. The number of aromatic nitrogens is 2. The van der Waals surface area contributed by atoms with E-state index in [0.29, 0.717) is 6.54 Å². The molecule has 0 aliphatic carbocycles. The Labute approximate surface area is 142 Å². The molecular weight excluding hydrogens is 324 g/mol. The maximum Gasteiger partial charge on any atom is 0.234 e. The van der Waals surface area contributed by atoms with Gasteiger partial charge in [-0.3, -0.25) is 4.68 Å². The zero-order chi connectivity index (χ0) is 17.0. The zero-order valence-electron chi connectivity index (χ0n) is 13.7. The van der Waals surface area contributed by atoms with Gasteiger partial charge in [0.15, 0.2) is 0 Å². The second-order valence-corrected chi connectivity index (χ2v) is 7.63. The molecule has 7 heteroatoms. The van der Waals surface area contributed by atoms with Gasteiger partial charge in [-0.1, -0.05) is 30.3 Å². The highest BCUT2D eigenvalue weighted by atomic mass is 32.2. The first-order valence-electron chi connectivity index (χ1n) is 8.01. The van der Waals surface area contributed by atoms with Crippen LogP contribution in [0.2, 0.25) is 0 Å². The highest BCUT2D eigenvalue weighted by Crippen LogP contribution is 2.19. The molecule has 1 atom stereocenters. The zero-order valence-corrected chi connectivity index (χ0v) is 14.5. The Hall–Kier alpha value is -2.12. The van der Waals surface area contributed by atoms with Gasteiger partial charge in [-0.25, -0.2) is 13.1 Å². The van der Waals surface area contributed by atoms with Crippen molar-refractivity contribution in [3.05, 3.63) is 53.7 Å². The summed E-state index contributed by atoms with van der Waals surface area (Å²) in [6, 6.07) is 9.32. The molecule has 2 heterocycles. The summed E-state index contributed by atoms with van der Waals surface area (Å²) < 4.78 is 29.1. The van der Waals surface area contributed by atoms with Crippen LogP contribution in [0.15, 0.2) is 48.1 Å². The Morgan fingerprint density at radius 3 is 2.79 bits per heavy atom.